The second-order valence-electron chi connectivity index (χ2n) is 10.7. The van der Waals surface area contributed by atoms with E-state index in [4.69, 9.17) is 15.5 Å². The van der Waals surface area contributed by atoms with Crippen molar-refractivity contribution in [2.75, 3.05) is 26.7 Å². The number of aliphatic hydroxyl groups excluding tert-OH is 1. The number of amidine groups is 1. The highest BCUT2D eigenvalue weighted by Crippen LogP contribution is 2.43. The number of para-hydroxylation sites is 1. The van der Waals surface area contributed by atoms with Gasteiger partial charge in [-0.25, -0.2) is 0 Å². The van der Waals surface area contributed by atoms with Gasteiger partial charge in [-0.3, -0.25) is 14.7 Å². The molecule has 3 unspecified atom stereocenters. The van der Waals surface area contributed by atoms with Gasteiger partial charge in [0, 0.05) is 25.1 Å². The molecular weight excluding hydrogens is 454 g/mol. The number of hydrogen-bond donors (Lipinski definition) is 4. The van der Waals surface area contributed by atoms with Gasteiger partial charge in [-0.15, -0.1) is 0 Å². The van der Waals surface area contributed by atoms with Crippen molar-refractivity contribution in [3.63, 3.8) is 0 Å². The lowest BCUT2D eigenvalue weighted by molar-refractivity contribution is 0.0272. The molecule has 2 aliphatic heterocycles. The molecule has 5 N–H and O–H groups in total. The SMILES string of the molecule is C=CNCC(N=C(N)CC)C1(C)[C@H](O)[C@H](NC(=O)c2cccc3c2OCCC3(C)CCCC)CN1C. The lowest BCUT2D eigenvalue weighted by Crippen LogP contribution is -2.59. The quantitative estimate of drug-likeness (QED) is 0.275. The Hall–Kier alpha value is -2.58. The van der Waals surface area contributed by atoms with E-state index < -0.39 is 17.7 Å². The molecule has 1 fully saturated rings. The number of nitrogens with two attached hydrogens (primary N) is 1. The van der Waals surface area contributed by atoms with Gasteiger partial charge in [-0.05, 0) is 44.5 Å². The number of fused-ring (bicyclic) bond motifs is 1. The third-order valence-corrected chi connectivity index (χ3v) is 8.30. The molecule has 8 nitrogen and oxygen atoms in total. The van der Waals surface area contributed by atoms with E-state index in [1.165, 1.54) is 0 Å². The number of carbonyl (C=O) groups is 1. The predicted molar refractivity (Wildman–Crippen MR) is 146 cm³/mol. The fourth-order valence-electron chi connectivity index (χ4n) is 5.60. The normalized spacial score (nSPS) is 29.2. The first kappa shape index (κ1) is 28.0. The van der Waals surface area contributed by atoms with Crippen LogP contribution in [0.4, 0.5) is 0 Å². The topological polar surface area (TPSA) is 112 Å². The maximum absolute atomic E-state index is 13.5. The van der Waals surface area contributed by atoms with E-state index in [2.05, 4.69) is 42.0 Å². The lowest BCUT2D eigenvalue weighted by atomic mass is 9.73. The smallest absolute Gasteiger partial charge is 0.255 e. The molecule has 2 aliphatic rings. The number of likely N-dealkylation sites (tertiary alicyclic amines) is 1. The van der Waals surface area contributed by atoms with Crippen LogP contribution in [0.1, 0.15) is 75.7 Å². The number of benzene rings is 1. The summed E-state index contributed by atoms with van der Waals surface area (Å²) in [5.74, 6) is 0.974. The van der Waals surface area contributed by atoms with Gasteiger partial charge in [0.15, 0.2) is 0 Å². The number of aliphatic hydroxyl groups is 1. The van der Waals surface area contributed by atoms with Crippen molar-refractivity contribution in [1.29, 1.82) is 0 Å². The Morgan fingerprint density at radius 3 is 2.83 bits per heavy atom. The average molecular weight is 500 g/mol. The van der Waals surface area contributed by atoms with Crippen LogP contribution in [0.3, 0.4) is 0 Å². The third kappa shape index (κ3) is 5.39. The lowest BCUT2D eigenvalue weighted by Gasteiger charge is -2.40. The number of nitrogens with one attached hydrogen (secondary N) is 2. The molecule has 1 saturated heterocycles. The number of rotatable bonds is 11. The molecule has 0 aromatic heterocycles. The summed E-state index contributed by atoms with van der Waals surface area (Å²) in [5.41, 5.74) is 6.97. The maximum Gasteiger partial charge on any atom is 0.255 e. The van der Waals surface area contributed by atoms with Crippen molar-refractivity contribution in [2.45, 2.75) is 88.9 Å². The van der Waals surface area contributed by atoms with Crippen molar-refractivity contribution in [3.8, 4) is 5.75 Å². The van der Waals surface area contributed by atoms with Gasteiger partial charge in [0.25, 0.3) is 5.91 Å². The van der Waals surface area contributed by atoms with Crippen LogP contribution >= 0.6 is 0 Å². The number of carbonyl (C=O) groups excluding carboxylic acids is 1. The minimum absolute atomic E-state index is 0.00582. The number of hydrogen-bond acceptors (Lipinski definition) is 6. The highest BCUT2D eigenvalue weighted by molar-refractivity contribution is 5.98. The molecule has 1 amide bonds. The van der Waals surface area contributed by atoms with E-state index in [1.807, 2.05) is 33.0 Å². The Morgan fingerprint density at radius 1 is 1.42 bits per heavy atom. The van der Waals surface area contributed by atoms with E-state index in [0.29, 0.717) is 43.3 Å². The molecule has 1 aromatic rings. The molecule has 36 heavy (non-hydrogen) atoms. The number of amides is 1. The minimum Gasteiger partial charge on any atom is -0.492 e. The van der Waals surface area contributed by atoms with Crippen LogP contribution in [0.2, 0.25) is 0 Å². The van der Waals surface area contributed by atoms with Gasteiger partial charge < -0.3 is 26.2 Å². The van der Waals surface area contributed by atoms with E-state index in [1.54, 1.807) is 6.20 Å². The summed E-state index contributed by atoms with van der Waals surface area (Å²) in [5, 5.41) is 17.7. The van der Waals surface area contributed by atoms with Gasteiger partial charge in [0.2, 0.25) is 0 Å². The summed E-state index contributed by atoms with van der Waals surface area (Å²) in [4.78, 5) is 20.3. The Balaban J connectivity index is 1.85. The van der Waals surface area contributed by atoms with E-state index in [0.717, 1.165) is 31.2 Å². The first-order chi connectivity index (χ1) is 17.1. The molecule has 200 valence electrons. The fourth-order valence-corrected chi connectivity index (χ4v) is 5.60. The number of ether oxygens (including phenoxy) is 1. The second-order valence-corrected chi connectivity index (χ2v) is 10.7. The van der Waals surface area contributed by atoms with Crippen LogP contribution < -0.4 is 21.1 Å². The molecular formula is C28H45N5O3. The first-order valence-electron chi connectivity index (χ1n) is 13.2. The molecule has 3 rings (SSSR count). The summed E-state index contributed by atoms with van der Waals surface area (Å²) >= 11 is 0. The summed E-state index contributed by atoms with van der Waals surface area (Å²) in [6.45, 7) is 13.7. The molecule has 0 bridgehead atoms. The van der Waals surface area contributed by atoms with Gasteiger partial charge in [0.1, 0.15) is 5.75 Å². The van der Waals surface area contributed by atoms with Crippen LogP contribution in [0.25, 0.3) is 0 Å². The van der Waals surface area contributed by atoms with Crippen molar-refractivity contribution in [3.05, 3.63) is 42.1 Å². The van der Waals surface area contributed by atoms with Crippen molar-refractivity contribution in [1.82, 2.24) is 15.5 Å². The minimum atomic E-state index is -0.855. The first-order valence-corrected chi connectivity index (χ1v) is 13.2. The van der Waals surface area contributed by atoms with Crippen LogP contribution in [-0.4, -0.2) is 72.2 Å². The third-order valence-electron chi connectivity index (χ3n) is 8.30. The number of aliphatic imine (C=N–C) groups is 1. The fraction of sp³-hybridized carbons (Fsp3) is 0.643. The Labute approximate surface area is 216 Å². The average Bonchev–Trinajstić information content (AvgIpc) is 3.08. The van der Waals surface area contributed by atoms with E-state index in [9.17, 15) is 9.90 Å². The van der Waals surface area contributed by atoms with Crippen LogP contribution in [0, 0.1) is 0 Å². The molecule has 0 radical (unpaired) electrons. The van der Waals surface area contributed by atoms with Crippen molar-refractivity contribution < 1.29 is 14.6 Å². The standard InChI is InChI=1S/C28H45N5O3/c1-7-10-14-27(4)15-16-36-24-19(12-11-13-20(24)27)26(35)31-21-18-33(6)28(5,25(21)34)22(17-30-9-3)32-23(29)8-2/h9,11-13,21-22,25,30,34H,3,7-8,10,14-18H2,1-2,4-6H3,(H2,29,32)(H,31,35)/t21-,22?,25-,27?,28?/m1/s1. The summed E-state index contributed by atoms with van der Waals surface area (Å²) in [6.07, 6.45) is 5.66. The molecule has 1 aromatic carbocycles. The predicted octanol–water partition coefficient (Wildman–Crippen LogP) is 2.95. The van der Waals surface area contributed by atoms with Gasteiger partial charge in [0.05, 0.1) is 41.7 Å². The number of nitrogens with zero attached hydrogens (tertiary/aromatic N) is 2. The second kappa shape index (κ2) is 11.6. The van der Waals surface area contributed by atoms with E-state index in [-0.39, 0.29) is 17.4 Å². The largest absolute Gasteiger partial charge is 0.492 e. The van der Waals surface area contributed by atoms with Gasteiger partial charge in [-0.1, -0.05) is 52.3 Å². The summed E-state index contributed by atoms with van der Waals surface area (Å²) in [6, 6.07) is 5.04. The highest BCUT2D eigenvalue weighted by atomic mass is 16.5. The Bertz CT molecular complexity index is 967. The highest BCUT2D eigenvalue weighted by Gasteiger charge is 2.53. The molecule has 8 heteroatoms. The van der Waals surface area contributed by atoms with E-state index >= 15 is 0 Å². The molecule has 0 saturated carbocycles. The summed E-state index contributed by atoms with van der Waals surface area (Å²) < 4.78 is 6.06. The molecule has 5 atom stereocenters. The van der Waals surface area contributed by atoms with Gasteiger partial charge in [-0.2, -0.15) is 0 Å². The Kier molecular flexibility index (Phi) is 9.06. The number of unbranched alkanes of at least 4 members (excludes halogenated alkanes) is 1. The summed E-state index contributed by atoms with van der Waals surface area (Å²) in [7, 11) is 1.95. The van der Waals surface area contributed by atoms with Crippen LogP contribution in [0.15, 0.2) is 36.0 Å². The molecule has 2 heterocycles. The van der Waals surface area contributed by atoms with Crippen LogP contribution in [0.5, 0.6) is 5.75 Å². The monoisotopic (exact) mass is 499 g/mol. The maximum atomic E-state index is 13.5. The Morgan fingerprint density at radius 2 is 2.17 bits per heavy atom. The zero-order valence-electron chi connectivity index (χ0n) is 22.6. The van der Waals surface area contributed by atoms with Crippen molar-refractivity contribution in [2.24, 2.45) is 10.7 Å². The zero-order valence-corrected chi connectivity index (χ0v) is 22.6. The molecule has 0 aliphatic carbocycles. The molecule has 0 spiro atoms. The number of likely N-dealkylation sites (N-methyl/N-ethyl adjacent to an activating group) is 1. The van der Waals surface area contributed by atoms with Crippen LogP contribution in [-0.2, 0) is 5.41 Å². The van der Waals surface area contributed by atoms with Crippen molar-refractivity contribution >= 4 is 11.7 Å². The zero-order chi connectivity index (χ0) is 26.5. The van der Waals surface area contributed by atoms with Gasteiger partial charge >= 0.3 is 0 Å².